The van der Waals surface area contributed by atoms with E-state index in [0.717, 1.165) is 27.9 Å². The van der Waals surface area contributed by atoms with E-state index < -0.39 is 16.6 Å². The van der Waals surface area contributed by atoms with Crippen LogP contribution in [0.15, 0.2) is 66.7 Å². The van der Waals surface area contributed by atoms with Crippen molar-refractivity contribution < 1.29 is 14.0 Å². The minimum Gasteiger partial charge on any atom is -0.311 e. The van der Waals surface area contributed by atoms with Gasteiger partial charge in [0.2, 0.25) is 0 Å². The molecule has 2 aliphatic heterocycles. The zero-order chi connectivity index (χ0) is 22.5. The lowest BCUT2D eigenvalue weighted by molar-refractivity contribution is -0.123. The third kappa shape index (κ3) is 3.13. The van der Waals surface area contributed by atoms with Gasteiger partial charge < -0.3 is 9.80 Å². The number of halogens is 1. The van der Waals surface area contributed by atoms with Gasteiger partial charge in [0.15, 0.2) is 4.87 Å². The van der Waals surface area contributed by atoms with E-state index >= 15 is 0 Å². The van der Waals surface area contributed by atoms with Gasteiger partial charge in [0, 0.05) is 17.9 Å². The molecule has 0 aromatic heterocycles. The molecule has 2 amide bonds. The molecule has 0 unspecified atom stereocenters. The first-order valence-corrected chi connectivity index (χ1v) is 11.6. The van der Waals surface area contributed by atoms with E-state index in [4.69, 9.17) is 0 Å². The molecule has 2 aliphatic rings. The SMILES string of the molecule is Cc1ccc(CN2C(=O)[C@]3(SCCN3C(=O)c3ccccc3F)c3cc(C)ccc32)cc1. The van der Waals surface area contributed by atoms with E-state index in [2.05, 4.69) is 0 Å². The molecule has 0 radical (unpaired) electrons. The van der Waals surface area contributed by atoms with E-state index in [9.17, 15) is 14.0 Å². The number of hydrogen-bond acceptors (Lipinski definition) is 3. The second kappa shape index (κ2) is 7.78. The summed E-state index contributed by atoms with van der Waals surface area (Å²) in [5.41, 5.74) is 4.79. The quantitative estimate of drug-likeness (QED) is 0.567. The van der Waals surface area contributed by atoms with Crippen LogP contribution in [-0.4, -0.2) is 29.0 Å². The highest BCUT2D eigenvalue weighted by atomic mass is 32.2. The molecule has 1 saturated heterocycles. The Bertz CT molecular complexity index is 1230. The monoisotopic (exact) mass is 446 g/mol. The predicted molar refractivity (Wildman–Crippen MR) is 125 cm³/mol. The van der Waals surface area contributed by atoms with Gasteiger partial charge in [-0.1, -0.05) is 59.7 Å². The third-order valence-electron chi connectivity index (χ3n) is 6.16. The minimum atomic E-state index is -1.18. The Labute approximate surface area is 191 Å². The molecule has 5 rings (SSSR count). The van der Waals surface area contributed by atoms with E-state index in [0.29, 0.717) is 18.8 Å². The average molecular weight is 447 g/mol. The summed E-state index contributed by atoms with van der Waals surface area (Å²) in [7, 11) is 0. The minimum absolute atomic E-state index is 0.00615. The van der Waals surface area contributed by atoms with Gasteiger partial charge in [0.05, 0.1) is 17.8 Å². The van der Waals surface area contributed by atoms with Crippen LogP contribution in [0.3, 0.4) is 0 Å². The molecule has 162 valence electrons. The zero-order valence-corrected chi connectivity index (χ0v) is 18.8. The fourth-order valence-electron chi connectivity index (χ4n) is 4.54. The first-order valence-electron chi connectivity index (χ1n) is 10.6. The number of thioether (sulfide) groups is 1. The molecule has 32 heavy (non-hydrogen) atoms. The Morgan fingerprint density at radius 3 is 2.50 bits per heavy atom. The third-order valence-corrected chi connectivity index (χ3v) is 7.58. The number of benzene rings is 3. The first kappa shape index (κ1) is 20.8. The van der Waals surface area contributed by atoms with Crippen LogP contribution in [0.4, 0.5) is 10.1 Å². The Hall–Kier alpha value is -3.12. The van der Waals surface area contributed by atoms with Gasteiger partial charge in [-0.3, -0.25) is 9.59 Å². The Kier molecular flexibility index (Phi) is 5.05. The van der Waals surface area contributed by atoms with Crippen molar-refractivity contribution in [2.45, 2.75) is 25.3 Å². The predicted octanol–water partition coefficient (Wildman–Crippen LogP) is 5.03. The van der Waals surface area contributed by atoms with Crippen molar-refractivity contribution in [3.8, 4) is 0 Å². The molecule has 3 aromatic carbocycles. The van der Waals surface area contributed by atoms with Gasteiger partial charge in [-0.15, -0.1) is 11.8 Å². The maximum Gasteiger partial charge on any atom is 0.268 e. The van der Waals surface area contributed by atoms with E-state index in [1.54, 1.807) is 21.9 Å². The molecule has 0 aliphatic carbocycles. The molecular weight excluding hydrogens is 423 g/mol. The highest BCUT2D eigenvalue weighted by Crippen LogP contribution is 2.55. The van der Waals surface area contributed by atoms with Crippen LogP contribution < -0.4 is 4.90 Å². The summed E-state index contributed by atoms with van der Waals surface area (Å²) in [6, 6.07) is 20.0. The van der Waals surface area contributed by atoms with Crippen molar-refractivity contribution in [1.82, 2.24) is 4.90 Å². The smallest absolute Gasteiger partial charge is 0.268 e. The van der Waals surface area contributed by atoms with Crippen molar-refractivity contribution in [2.24, 2.45) is 0 Å². The molecule has 0 bridgehead atoms. The second-order valence-corrected chi connectivity index (χ2v) is 9.61. The van der Waals surface area contributed by atoms with E-state index in [-0.39, 0.29) is 11.5 Å². The number of rotatable bonds is 3. The van der Waals surface area contributed by atoms with Crippen LogP contribution in [0.1, 0.15) is 32.6 Å². The largest absolute Gasteiger partial charge is 0.311 e. The van der Waals surface area contributed by atoms with Crippen molar-refractivity contribution in [3.63, 3.8) is 0 Å². The van der Waals surface area contributed by atoms with Crippen molar-refractivity contribution >= 4 is 29.3 Å². The standard InChI is InChI=1S/C26H23FN2O2S/c1-17-7-10-19(11-8-17)16-28-23-12-9-18(2)15-21(23)26(25(28)31)29(13-14-32-26)24(30)20-5-3-4-6-22(20)27/h3-12,15H,13-14,16H2,1-2H3/t26-/m1/s1. The van der Waals surface area contributed by atoms with E-state index in [1.165, 1.54) is 23.9 Å². The lowest BCUT2D eigenvalue weighted by atomic mass is 10.0. The number of nitrogens with zero attached hydrogens (tertiary/aromatic N) is 2. The molecule has 0 saturated carbocycles. The van der Waals surface area contributed by atoms with Crippen LogP contribution in [0.5, 0.6) is 0 Å². The zero-order valence-electron chi connectivity index (χ0n) is 18.0. The number of anilines is 1. The van der Waals surface area contributed by atoms with Crippen molar-refractivity contribution in [3.05, 3.63) is 100 Å². The van der Waals surface area contributed by atoms with Gasteiger partial charge in [-0.25, -0.2) is 4.39 Å². The Balaban J connectivity index is 1.60. The molecule has 0 N–H and O–H groups in total. The maximum atomic E-state index is 14.5. The number of amides is 2. The number of aryl methyl sites for hydroxylation is 2. The Morgan fingerprint density at radius 2 is 1.75 bits per heavy atom. The van der Waals surface area contributed by atoms with Crippen LogP contribution in [0.25, 0.3) is 0 Å². The van der Waals surface area contributed by atoms with Gasteiger partial charge in [0.25, 0.3) is 11.8 Å². The lowest BCUT2D eigenvalue weighted by Gasteiger charge is -2.33. The highest BCUT2D eigenvalue weighted by molar-refractivity contribution is 8.01. The molecular formula is C26H23FN2O2S. The van der Waals surface area contributed by atoms with Gasteiger partial charge in [0.1, 0.15) is 5.82 Å². The lowest BCUT2D eigenvalue weighted by Crippen LogP contribution is -2.50. The molecule has 3 aromatic rings. The molecule has 1 fully saturated rings. The summed E-state index contributed by atoms with van der Waals surface area (Å²) in [6.45, 7) is 4.80. The summed E-state index contributed by atoms with van der Waals surface area (Å²) in [5, 5.41) is 0. The number of hydrogen-bond donors (Lipinski definition) is 0. The molecule has 1 spiro atoms. The summed E-state index contributed by atoms with van der Waals surface area (Å²) < 4.78 is 14.5. The highest BCUT2D eigenvalue weighted by Gasteiger charge is 2.59. The fourth-order valence-corrected chi connectivity index (χ4v) is 5.99. The first-order chi connectivity index (χ1) is 15.4. The summed E-state index contributed by atoms with van der Waals surface area (Å²) >= 11 is 1.46. The number of fused-ring (bicyclic) bond motifs is 2. The number of carbonyl (C=O) groups is 2. The van der Waals surface area contributed by atoms with Gasteiger partial charge in [-0.2, -0.15) is 0 Å². The molecule has 1 atom stereocenters. The maximum absolute atomic E-state index is 14.5. The van der Waals surface area contributed by atoms with Crippen LogP contribution >= 0.6 is 11.8 Å². The van der Waals surface area contributed by atoms with Gasteiger partial charge in [-0.05, 0) is 37.6 Å². The summed E-state index contributed by atoms with van der Waals surface area (Å²) in [6.07, 6.45) is 0. The molecule has 4 nitrogen and oxygen atoms in total. The van der Waals surface area contributed by atoms with Crippen LogP contribution in [-0.2, 0) is 16.2 Å². The van der Waals surface area contributed by atoms with Crippen LogP contribution in [0.2, 0.25) is 0 Å². The van der Waals surface area contributed by atoms with Gasteiger partial charge >= 0.3 is 0 Å². The van der Waals surface area contributed by atoms with Crippen molar-refractivity contribution in [1.29, 1.82) is 0 Å². The fraction of sp³-hybridized carbons (Fsp3) is 0.231. The topological polar surface area (TPSA) is 40.6 Å². The Morgan fingerprint density at radius 1 is 1.03 bits per heavy atom. The molecule has 2 heterocycles. The molecule has 6 heteroatoms. The van der Waals surface area contributed by atoms with E-state index in [1.807, 2.05) is 56.3 Å². The summed E-state index contributed by atoms with van der Waals surface area (Å²) in [5.74, 6) is -0.564. The summed E-state index contributed by atoms with van der Waals surface area (Å²) in [4.78, 5) is 29.6. The van der Waals surface area contributed by atoms with Crippen molar-refractivity contribution in [2.75, 3.05) is 17.2 Å². The normalized spacial score (nSPS) is 19.7. The number of carbonyl (C=O) groups excluding carboxylic acids is 2. The van der Waals surface area contributed by atoms with Crippen LogP contribution in [0, 0.1) is 19.7 Å². The second-order valence-electron chi connectivity index (χ2n) is 8.33. The average Bonchev–Trinajstić information content (AvgIpc) is 3.32.